The van der Waals surface area contributed by atoms with E-state index in [4.69, 9.17) is 4.74 Å². The van der Waals surface area contributed by atoms with Crippen LogP contribution in [-0.2, 0) is 0 Å². The van der Waals surface area contributed by atoms with Gasteiger partial charge in [-0.3, -0.25) is 0 Å². The number of rotatable bonds is 6. The van der Waals surface area contributed by atoms with Crippen LogP contribution in [0.25, 0.3) is 10.6 Å². The van der Waals surface area contributed by atoms with E-state index in [0.717, 1.165) is 23.8 Å². The molecule has 1 saturated carbocycles. The second-order valence-electron chi connectivity index (χ2n) is 6.62. The third-order valence-corrected chi connectivity index (χ3v) is 6.03. The predicted molar refractivity (Wildman–Crippen MR) is 96.0 cm³/mol. The van der Waals surface area contributed by atoms with E-state index in [9.17, 15) is 8.78 Å². The fraction of sp³-hybridized carbons (Fsp3) is 0.579. The zero-order valence-electron chi connectivity index (χ0n) is 14.7. The summed E-state index contributed by atoms with van der Waals surface area (Å²) in [7, 11) is 0. The number of benzene rings is 1. The minimum Gasteiger partial charge on any atom is -0.491 e. The maximum absolute atomic E-state index is 14.3. The molecule has 3 nitrogen and oxygen atoms in total. The largest absolute Gasteiger partial charge is 0.491 e. The Labute approximate surface area is 151 Å². The van der Waals surface area contributed by atoms with Crippen molar-refractivity contribution in [3.05, 3.63) is 28.8 Å². The van der Waals surface area contributed by atoms with Crippen LogP contribution in [0.2, 0.25) is 0 Å². The van der Waals surface area contributed by atoms with Crippen molar-refractivity contribution in [2.45, 2.75) is 58.3 Å². The molecule has 25 heavy (non-hydrogen) atoms. The summed E-state index contributed by atoms with van der Waals surface area (Å²) in [5, 5.41) is 9.76. The van der Waals surface area contributed by atoms with Gasteiger partial charge in [-0.15, -0.1) is 10.2 Å². The molecule has 1 aromatic heterocycles. The van der Waals surface area contributed by atoms with Crippen LogP contribution in [0.1, 0.15) is 63.3 Å². The molecule has 1 heterocycles. The standard InChI is InChI=1S/C19H24F2N2OS/c1-3-5-12-6-8-13(9-7-12)18-22-23-19(25-18)14-10-11-15(24-4-2)17(21)16(14)20/h10-13H,3-9H2,1-2H3/t12-,13-. The van der Waals surface area contributed by atoms with Crippen molar-refractivity contribution in [3.63, 3.8) is 0 Å². The molecule has 136 valence electrons. The van der Waals surface area contributed by atoms with Crippen molar-refractivity contribution in [2.75, 3.05) is 6.61 Å². The Morgan fingerprint density at radius 2 is 1.84 bits per heavy atom. The van der Waals surface area contributed by atoms with Gasteiger partial charge in [-0.25, -0.2) is 4.39 Å². The summed E-state index contributed by atoms with van der Waals surface area (Å²) in [6.07, 6.45) is 7.20. The third-order valence-electron chi connectivity index (χ3n) is 4.91. The first-order chi connectivity index (χ1) is 12.1. The molecule has 0 N–H and O–H groups in total. The highest BCUT2D eigenvalue weighted by molar-refractivity contribution is 7.14. The highest BCUT2D eigenvalue weighted by Gasteiger charge is 2.26. The van der Waals surface area contributed by atoms with Crippen LogP contribution in [0.3, 0.4) is 0 Å². The number of nitrogens with zero attached hydrogens (tertiary/aromatic N) is 2. The van der Waals surface area contributed by atoms with Gasteiger partial charge in [0.05, 0.1) is 12.2 Å². The van der Waals surface area contributed by atoms with Crippen molar-refractivity contribution in [1.29, 1.82) is 0 Å². The van der Waals surface area contributed by atoms with E-state index in [1.165, 1.54) is 49.2 Å². The van der Waals surface area contributed by atoms with Crippen molar-refractivity contribution < 1.29 is 13.5 Å². The molecule has 0 unspecified atom stereocenters. The number of ether oxygens (including phenoxy) is 1. The molecular formula is C19H24F2N2OS. The van der Waals surface area contributed by atoms with Gasteiger partial charge in [0.2, 0.25) is 5.82 Å². The van der Waals surface area contributed by atoms with E-state index in [-0.39, 0.29) is 11.3 Å². The molecule has 3 rings (SSSR count). The normalized spacial score (nSPS) is 20.6. The molecule has 0 atom stereocenters. The first-order valence-electron chi connectivity index (χ1n) is 9.08. The topological polar surface area (TPSA) is 35.0 Å². The Morgan fingerprint density at radius 1 is 1.08 bits per heavy atom. The van der Waals surface area contributed by atoms with Crippen molar-refractivity contribution >= 4 is 11.3 Å². The van der Waals surface area contributed by atoms with Gasteiger partial charge in [-0.2, -0.15) is 4.39 Å². The summed E-state index contributed by atoms with van der Waals surface area (Å²) in [5.74, 6) is -0.722. The summed E-state index contributed by atoms with van der Waals surface area (Å²) >= 11 is 1.38. The lowest BCUT2D eigenvalue weighted by Crippen LogP contribution is -2.13. The van der Waals surface area contributed by atoms with Crippen molar-refractivity contribution in [2.24, 2.45) is 5.92 Å². The second-order valence-corrected chi connectivity index (χ2v) is 7.63. The summed E-state index contributed by atoms with van der Waals surface area (Å²) in [4.78, 5) is 0. The van der Waals surface area contributed by atoms with Crippen LogP contribution in [0, 0.1) is 17.6 Å². The Kier molecular flexibility index (Phi) is 5.99. The van der Waals surface area contributed by atoms with Gasteiger partial charge in [0.1, 0.15) is 5.01 Å². The average Bonchev–Trinajstić information content (AvgIpc) is 3.10. The van der Waals surface area contributed by atoms with Gasteiger partial charge in [0.15, 0.2) is 16.6 Å². The van der Waals surface area contributed by atoms with E-state index in [1.807, 2.05) is 0 Å². The van der Waals surface area contributed by atoms with E-state index in [0.29, 0.717) is 17.5 Å². The summed E-state index contributed by atoms with van der Waals surface area (Å²) in [5.41, 5.74) is 0.157. The quantitative estimate of drug-likeness (QED) is 0.633. The Bertz CT molecular complexity index is 711. The number of hydrogen-bond donors (Lipinski definition) is 0. The molecule has 6 heteroatoms. The minimum absolute atomic E-state index is 0.0669. The molecule has 0 saturated heterocycles. The first-order valence-corrected chi connectivity index (χ1v) is 9.90. The smallest absolute Gasteiger partial charge is 0.201 e. The lowest BCUT2D eigenvalue weighted by molar-refractivity contribution is 0.307. The molecule has 1 aromatic carbocycles. The number of halogens is 2. The SMILES string of the molecule is CCC[C@H]1CC[C@H](c2nnc(-c3ccc(OCC)c(F)c3F)s2)CC1. The van der Waals surface area contributed by atoms with Gasteiger partial charge in [-0.1, -0.05) is 31.1 Å². The third kappa shape index (κ3) is 4.00. The van der Waals surface area contributed by atoms with Gasteiger partial charge >= 0.3 is 0 Å². The molecule has 0 radical (unpaired) electrons. The molecular weight excluding hydrogens is 342 g/mol. The lowest BCUT2D eigenvalue weighted by Gasteiger charge is -2.26. The molecule has 1 aliphatic carbocycles. The lowest BCUT2D eigenvalue weighted by atomic mass is 9.80. The van der Waals surface area contributed by atoms with Crippen molar-refractivity contribution in [3.8, 4) is 16.3 Å². The molecule has 0 bridgehead atoms. The zero-order chi connectivity index (χ0) is 17.8. The summed E-state index contributed by atoms with van der Waals surface area (Å²) in [6, 6.07) is 2.97. The predicted octanol–water partition coefficient (Wildman–Crippen LogP) is 5.96. The van der Waals surface area contributed by atoms with E-state index in [2.05, 4.69) is 17.1 Å². The van der Waals surface area contributed by atoms with E-state index < -0.39 is 11.6 Å². The molecule has 1 fully saturated rings. The molecule has 0 aliphatic heterocycles. The maximum atomic E-state index is 14.3. The average molecular weight is 366 g/mol. The fourth-order valence-electron chi connectivity index (χ4n) is 3.58. The maximum Gasteiger partial charge on any atom is 0.201 e. The van der Waals surface area contributed by atoms with Crippen LogP contribution in [0.4, 0.5) is 8.78 Å². The van der Waals surface area contributed by atoms with Gasteiger partial charge < -0.3 is 4.74 Å². The summed E-state index contributed by atoms with van der Waals surface area (Å²) < 4.78 is 33.5. The highest BCUT2D eigenvalue weighted by atomic mass is 32.1. The Hall–Kier alpha value is -1.56. The zero-order valence-corrected chi connectivity index (χ0v) is 15.5. The molecule has 2 aromatic rings. The Balaban J connectivity index is 1.75. The first kappa shape index (κ1) is 18.2. The molecule has 1 aliphatic rings. The highest BCUT2D eigenvalue weighted by Crippen LogP contribution is 2.40. The second kappa shape index (κ2) is 8.21. The summed E-state index contributed by atoms with van der Waals surface area (Å²) in [6.45, 7) is 4.25. The van der Waals surface area contributed by atoms with Gasteiger partial charge in [-0.05, 0) is 50.7 Å². The minimum atomic E-state index is -0.962. The van der Waals surface area contributed by atoms with Crippen LogP contribution in [0.15, 0.2) is 12.1 Å². The van der Waals surface area contributed by atoms with E-state index >= 15 is 0 Å². The van der Waals surface area contributed by atoms with Crippen LogP contribution >= 0.6 is 11.3 Å². The van der Waals surface area contributed by atoms with Crippen LogP contribution in [-0.4, -0.2) is 16.8 Å². The molecule has 0 spiro atoms. The fourth-order valence-corrected chi connectivity index (χ4v) is 4.61. The van der Waals surface area contributed by atoms with Crippen molar-refractivity contribution in [1.82, 2.24) is 10.2 Å². The van der Waals surface area contributed by atoms with E-state index in [1.54, 1.807) is 6.92 Å². The Morgan fingerprint density at radius 3 is 2.52 bits per heavy atom. The van der Waals surface area contributed by atoms with Gasteiger partial charge in [0.25, 0.3) is 0 Å². The van der Waals surface area contributed by atoms with Crippen LogP contribution in [0.5, 0.6) is 5.75 Å². The molecule has 0 amide bonds. The van der Waals surface area contributed by atoms with Crippen LogP contribution < -0.4 is 4.74 Å². The van der Waals surface area contributed by atoms with Gasteiger partial charge in [0, 0.05) is 5.92 Å². The monoisotopic (exact) mass is 366 g/mol. The number of aromatic nitrogens is 2. The number of hydrogen-bond acceptors (Lipinski definition) is 4.